The summed E-state index contributed by atoms with van der Waals surface area (Å²) in [5.74, 6) is 2.33. The van der Waals surface area contributed by atoms with Crippen molar-refractivity contribution < 1.29 is 13.9 Å². The van der Waals surface area contributed by atoms with Crippen LogP contribution in [-0.4, -0.2) is 15.9 Å². The molecule has 3 aromatic rings. The third kappa shape index (κ3) is 4.75. The Morgan fingerprint density at radius 1 is 1.00 bits per heavy atom. The zero-order chi connectivity index (χ0) is 22.7. The molecule has 1 fully saturated rings. The number of rotatable bonds is 7. The van der Waals surface area contributed by atoms with Gasteiger partial charge in [-0.05, 0) is 60.5 Å². The molecule has 1 atom stereocenters. The van der Waals surface area contributed by atoms with Crippen LogP contribution in [0.5, 0.6) is 5.75 Å². The second-order valence-corrected chi connectivity index (χ2v) is 8.45. The van der Waals surface area contributed by atoms with Crippen molar-refractivity contribution in [1.29, 1.82) is 0 Å². The number of nitrogens with zero attached hydrogens (tertiary/aromatic N) is 1. The highest BCUT2D eigenvalue weighted by Gasteiger charge is 2.35. The summed E-state index contributed by atoms with van der Waals surface area (Å²) in [6, 6.07) is 21.4. The Bertz CT molecular complexity index is 1130. The minimum atomic E-state index is -0.175. The lowest BCUT2D eigenvalue weighted by Crippen LogP contribution is -2.33. The van der Waals surface area contributed by atoms with Crippen molar-refractivity contribution >= 4 is 29.3 Å². The van der Waals surface area contributed by atoms with Gasteiger partial charge in [0.2, 0.25) is 0 Å². The molecule has 0 saturated carbocycles. The van der Waals surface area contributed by atoms with Crippen molar-refractivity contribution in [3.63, 3.8) is 0 Å². The van der Waals surface area contributed by atoms with Gasteiger partial charge < -0.3 is 14.5 Å². The van der Waals surface area contributed by atoms with Gasteiger partial charge in [0.15, 0.2) is 5.11 Å². The lowest BCUT2D eigenvalue weighted by atomic mass is 10.0. The Balaban J connectivity index is 1.41. The predicted molar refractivity (Wildman–Crippen MR) is 129 cm³/mol. The fourth-order valence-electron chi connectivity index (χ4n) is 3.58. The monoisotopic (exact) mass is 446 g/mol. The van der Waals surface area contributed by atoms with Gasteiger partial charge in [-0.25, -0.2) is 0 Å². The van der Waals surface area contributed by atoms with Gasteiger partial charge in [-0.15, -0.1) is 0 Å². The molecule has 1 saturated heterocycles. The predicted octanol–water partition coefficient (Wildman–Crippen LogP) is 5.80. The van der Waals surface area contributed by atoms with Gasteiger partial charge in [0.05, 0.1) is 6.04 Å². The molecule has 0 aliphatic carbocycles. The minimum absolute atomic E-state index is 0.169. The molecule has 1 aromatic heterocycles. The molecule has 1 N–H and O–H groups in total. The Morgan fingerprint density at radius 2 is 1.72 bits per heavy atom. The highest BCUT2D eigenvalue weighted by Crippen LogP contribution is 2.26. The highest BCUT2D eigenvalue weighted by atomic mass is 32.1. The summed E-state index contributed by atoms with van der Waals surface area (Å²) in [5.41, 5.74) is 2.68. The number of hydrogen-bond donors (Lipinski definition) is 1. The van der Waals surface area contributed by atoms with E-state index in [1.54, 1.807) is 11.0 Å². The van der Waals surface area contributed by atoms with Crippen molar-refractivity contribution in [2.45, 2.75) is 39.3 Å². The average Bonchev–Trinajstić information content (AvgIpc) is 3.36. The van der Waals surface area contributed by atoms with E-state index in [1.165, 1.54) is 5.56 Å². The minimum Gasteiger partial charge on any atom is -0.486 e. The summed E-state index contributed by atoms with van der Waals surface area (Å²) in [6.45, 7) is 6.58. The smallest absolute Gasteiger partial charge is 0.277 e. The second-order valence-electron chi connectivity index (χ2n) is 8.07. The fraction of sp³-hybridized carbons (Fsp3) is 0.231. The normalized spacial score (nSPS) is 16.0. The van der Waals surface area contributed by atoms with Crippen molar-refractivity contribution in [1.82, 2.24) is 10.2 Å². The lowest BCUT2D eigenvalue weighted by Gasteiger charge is -2.23. The maximum Gasteiger partial charge on any atom is 0.277 e. The van der Waals surface area contributed by atoms with E-state index in [1.807, 2.05) is 61.5 Å². The number of benzene rings is 2. The molecule has 4 rings (SSSR count). The van der Waals surface area contributed by atoms with Crippen molar-refractivity contribution in [3.8, 4) is 5.75 Å². The summed E-state index contributed by atoms with van der Waals surface area (Å²) in [7, 11) is 0. The van der Waals surface area contributed by atoms with Crippen molar-refractivity contribution in [3.05, 3.63) is 95.1 Å². The van der Waals surface area contributed by atoms with E-state index in [0.717, 1.165) is 11.3 Å². The van der Waals surface area contributed by atoms with Crippen LogP contribution in [0.2, 0.25) is 0 Å². The summed E-state index contributed by atoms with van der Waals surface area (Å²) in [6.07, 6.45) is 1.67. The third-order valence-corrected chi connectivity index (χ3v) is 5.77. The molecule has 2 aromatic carbocycles. The van der Waals surface area contributed by atoms with Crippen LogP contribution in [0.15, 0.2) is 76.8 Å². The molecule has 32 heavy (non-hydrogen) atoms. The number of carbonyl (C=O) groups excluding carboxylic acids is 1. The first-order valence-electron chi connectivity index (χ1n) is 10.6. The van der Waals surface area contributed by atoms with E-state index < -0.39 is 0 Å². The first-order valence-corrected chi connectivity index (χ1v) is 11.1. The van der Waals surface area contributed by atoms with Gasteiger partial charge in [0, 0.05) is 6.08 Å². The van der Waals surface area contributed by atoms with Crippen LogP contribution in [0, 0.1) is 0 Å². The van der Waals surface area contributed by atoms with Crippen LogP contribution in [0.25, 0.3) is 6.08 Å². The fourth-order valence-corrected chi connectivity index (χ4v) is 3.93. The van der Waals surface area contributed by atoms with E-state index in [4.69, 9.17) is 21.4 Å². The second kappa shape index (κ2) is 9.40. The van der Waals surface area contributed by atoms with E-state index in [0.29, 0.717) is 34.9 Å². The maximum absolute atomic E-state index is 13.0. The van der Waals surface area contributed by atoms with Gasteiger partial charge in [-0.2, -0.15) is 0 Å². The summed E-state index contributed by atoms with van der Waals surface area (Å²) >= 11 is 5.42. The molecule has 2 heterocycles. The summed E-state index contributed by atoms with van der Waals surface area (Å²) in [4.78, 5) is 14.6. The Labute approximate surface area is 193 Å². The van der Waals surface area contributed by atoms with Crippen molar-refractivity contribution in [2.75, 3.05) is 0 Å². The Hall–Kier alpha value is -3.38. The third-order valence-electron chi connectivity index (χ3n) is 5.48. The van der Waals surface area contributed by atoms with Crippen LogP contribution in [0.3, 0.4) is 0 Å². The number of carbonyl (C=O) groups is 1. The topological polar surface area (TPSA) is 54.7 Å². The van der Waals surface area contributed by atoms with E-state index in [-0.39, 0.29) is 11.9 Å². The molecule has 1 unspecified atom stereocenters. The van der Waals surface area contributed by atoms with Gasteiger partial charge >= 0.3 is 0 Å². The number of furan rings is 1. The number of nitrogens with one attached hydrogen (secondary N) is 1. The quantitative estimate of drug-likeness (QED) is 0.367. The molecule has 164 valence electrons. The van der Waals surface area contributed by atoms with Crippen LogP contribution in [-0.2, 0) is 11.4 Å². The van der Waals surface area contributed by atoms with E-state index in [9.17, 15) is 4.79 Å². The number of ether oxygens (including phenoxy) is 1. The largest absolute Gasteiger partial charge is 0.486 e. The zero-order valence-corrected chi connectivity index (χ0v) is 19.2. The first kappa shape index (κ1) is 21.8. The molecule has 1 aliphatic rings. The summed E-state index contributed by atoms with van der Waals surface area (Å²) in [5, 5.41) is 3.40. The standard InChI is InChI=1S/C26H26N2O3S/c1-17(2)19-9-11-21(12-10-19)30-16-23-14-13-22(31-23)15-24-25(29)28(26(32)27-24)18(3)20-7-5-4-6-8-20/h4-15,17-18H,16H2,1-3H3,(H,27,32)/b24-15-. The number of amides is 1. The SMILES string of the molecule is CC(C)c1ccc(OCc2ccc(/C=C3\NC(=S)N(C(C)c4ccccc4)C3=O)o2)cc1. The molecule has 5 nitrogen and oxygen atoms in total. The number of hydrogen-bond acceptors (Lipinski definition) is 4. The van der Waals surface area contributed by atoms with Gasteiger partial charge in [-0.3, -0.25) is 9.69 Å². The molecular formula is C26H26N2O3S. The molecule has 0 spiro atoms. The van der Waals surface area contributed by atoms with Crippen LogP contribution >= 0.6 is 12.2 Å². The molecule has 0 bridgehead atoms. The van der Waals surface area contributed by atoms with E-state index in [2.05, 4.69) is 31.3 Å². The van der Waals surface area contributed by atoms with Crippen LogP contribution < -0.4 is 10.1 Å². The average molecular weight is 447 g/mol. The van der Waals surface area contributed by atoms with Gasteiger partial charge in [0.1, 0.15) is 29.6 Å². The molecular weight excluding hydrogens is 420 g/mol. The van der Waals surface area contributed by atoms with E-state index >= 15 is 0 Å². The first-order chi connectivity index (χ1) is 15.4. The molecule has 0 radical (unpaired) electrons. The molecule has 6 heteroatoms. The van der Waals surface area contributed by atoms with Crippen LogP contribution in [0.1, 0.15) is 55.4 Å². The lowest BCUT2D eigenvalue weighted by molar-refractivity contribution is -0.123. The zero-order valence-electron chi connectivity index (χ0n) is 18.4. The molecule has 1 amide bonds. The molecule has 1 aliphatic heterocycles. The Morgan fingerprint density at radius 3 is 2.41 bits per heavy atom. The van der Waals surface area contributed by atoms with Crippen molar-refractivity contribution in [2.24, 2.45) is 0 Å². The van der Waals surface area contributed by atoms with Gasteiger partial charge in [-0.1, -0.05) is 56.3 Å². The summed E-state index contributed by atoms with van der Waals surface area (Å²) < 4.78 is 11.7. The number of thiocarbonyl (C=S) groups is 1. The van der Waals surface area contributed by atoms with Crippen LogP contribution in [0.4, 0.5) is 0 Å². The Kier molecular flexibility index (Phi) is 6.42. The maximum atomic E-state index is 13.0. The highest BCUT2D eigenvalue weighted by molar-refractivity contribution is 7.80. The van der Waals surface area contributed by atoms with Gasteiger partial charge in [0.25, 0.3) is 5.91 Å².